The summed E-state index contributed by atoms with van der Waals surface area (Å²) in [4.78, 5) is 16.7. The molecule has 0 radical (unpaired) electrons. The van der Waals surface area contributed by atoms with Crippen molar-refractivity contribution in [2.75, 3.05) is 62.8 Å². The molecule has 238 valence electrons. The molecule has 2 aliphatic heterocycles. The number of amides is 2. The molecular formula is C30H38F3N7O3S. The molecule has 2 amide bonds. The van der Waals surface area contributed by atoms with Gasteiger partial charge < -0.3 is 15.5 Å². The van der Waals surface area contributed by atoms with Gasteiger partial charge in [-0.25, -0.2) is 13.2 Å². The SMILES string of the molecule is CNC(=O)Nc1cccc(C)c1N1CCN(CCCn2nc(-c3ccc(C(F)(F)F)cc3)c3c2CCN(S(C)(=O)=O)C3)CC1. The molecular weight excluding hydrogens is 595 g/mol. The lowest BCUT2D eigenvalue weighted by Crippen LogP contribution is -2.47. The van der Waals surface area contributed by atoms with Crippen molar-refractivity contribution in [2.24, 2.45) is 0 Å². The van der Waals surface area contributed by atoms with Crippen molar-refractivity contribution in [3.05, 3.63) is 64.8 Å². The second-order valence-electron chi connectivity index (χ2n) is 11.3. The number of nitrogens with zero attached hydrogens (tertiary/aromatic N) is 5. The van der Waals surface area contributed by atoms with Gasteiger partial charge in [-0.1, -0.05) is 24.3 Å². The Balaban J connectivity index is 1.26. The number of rotatable bonds is 8. The number of halogens is 3. The smallest absolute Gasteiger partial charge is 0.367 e. The number of anilines is 2. The summed E-state index contributed by atoms with van der Waals surface area (Å²) < 4.78 is 67.4. The summed E-state index contributed by atoms with van der Waals surface area (Å²) in [6, 6.07) is 10.5. The van der Waals surface area contributed by atoms with Crippen molar-refractivity contribution >= 4 is 27.4 Å². The molecule has 0 atom stereocenters. The van der Waals surface area contributed by atoms with Gasteiger partial charge in [0, 0.05) is 82.6 Å². The van der Waals surface area contributed by atoms with E-state index in [0.717, 1.165) is 85.7 Å². The maximum Gasteiger partial charge on any atom is 0.416 e. The first-order valence-corrected chi connectivity index (χ1v) is 16.5. The fourth-order valence-electron chi connectivity index (χ4n) is 5.99. The highest BCUT2D eigenvalue weighted by atomic mass is 32.2. The van der Waals surface area contributed by atoms with E-state index in [1.165, 1.54) is 16.4 Å². The molecule has 10 nitrogen and oxygen atoms in total. The predicted octanol–water partition coefficient (Wildman–Crippen LogP) is 4.16. The second kappa shape index (κ2) is 12.8. The molecule has 44 heavy (non-hydrogen) atoms. The van der Waals surface area contributed by atoms with Crippen LogP contribution < -0.4 is 15.5 Å². The van der Waals surface area contributed by atoms with Gasteiger partial charge in [0.25, 0.3) is 0 Å². The lowest BCUT2D eigenvalue weighted by atomic mass is 10.0. The molecule has 14 heteroatoms. The van der Waals surface area contributed by atoms with Crippen LogP contribution in [0.1, 0.15) is 28.8 Å². The van der Waals surface area contributed by atoms with Crippen LogP contribution in [0, 0.1) is 6.92 Å². The summed E-state index contributed by atoms with van der Waals surface area (Å²) in [5.41, 5.74) is 4.88. The average molecular weight is 634 g/mol. The number of fused-ring (bicyclic) bond motifs is 1. The van der Waals surface area contributed by atoms with Crippen molar-refractivity contribution in [3.8, 4) is 11.3 Å². The number of benzene rings is 2. The van der Waals surface area contributed by atoms with Gasteiger partial charge in [0.15, 0.2) is 0 Å². The van der Waals surface area contributed by atoms with Crippen LogP contribution in [0.5, 0.6) is 0 Å². The van der Waals surface area contributed by atoms with Crippen LogP contribution in [-0.4, -0.2) is 86.0 Å². The Labute approximate surface area is 255 Å². The van der Waals surface area contributed by atoms with Crippen LogP contribution in [-0.2, 0) is 35.7 Å². The highest BCUT2D eigenvalue weighted by Crippen LogP contribution is 2.35. The number of alkyl halides is 3. The van der Waals surface area contributed by atoms with Gasteiger partial charge in [0.05, 0.1) is 28.9 Å². The molecule has 0 saturated carbocycles. The summed E-state index contributed by atoms with van der Waals surface area (Å²) in [6.07, 6.45) is -1.99. The monoisotopic (exact) mass is 633 g/mol. The summed E-state index contributed by atoms with van der Waals surface area (Å²) >= 11 is 0. The fourth-order valence-corrected chi connectivity index (χ4v) is 6.77. The number of hydrogen-bond donors (Lipinski definition) is 2. The highest BCUT2D eigenvalue weighted by Gasteiger charge is 2.32. The molecule has 3 aromatic rings. The number of aryl methyl sites for hydroxylation is 2. The van der Waals surface area contributed by atoms with Crippen molar-refractivity contribution in [1.82, 2.24) is 24.3 Å². The van der Waals surface area contributed by atoms with E-state index in [2.05, 4.69) is 20.4 Å². The first kappa shape index (κ1) is 31.8. The Morgan fingerprint density at radius 3 is 2.34 bits per heavy atom. The third kappa shape index (κ3) is 7.02. The molecule has 0 spiro atoms. The van der Waals surface area contributed by atoms with E-state index in [0.29, 0.717) is 30.8 Å². The number of carbonyl (C=O) groups is 1. The first-order valence-electron chi connectivity index (χ1n) is 14.6. The van der Waals surface area contributed by atoms with Gasteiger partial charge in [-0.3, -0.25) is 9.58 Å². The topological polar surface area (TPSA) is 103 Å². The van der Waals surface area contributed by atoms with E-state index < -0.39 is 21.8 Å². The zero-order chi connectivity index (χ0) is 31.6. The van der Waals surface area contributed by atoms with Crippen molar-refractivity contribution in [3.63, 3.8) is 0 Å². The summed E-state index contributed by atoms with van der Waals surface area (Å²) in [7, 11) is -1.85. The van der Waals surface area contributed by atoms with Crippen molar-refractivity contribution < 1.29 is 26.4 Å². The molecule has 2 aliphatic rings. The van der Waals surface area contributed by atoms with Crippen molar-refractivity contribution in [2.45, 2.75) is 39.0 Å². The number of urea groups is 1. The minimum atomic E-state index is -4.44. The van der Waals surface area contributed by atoms with Crippen LogP contribution in [0.4, 0.5) is 29.3 Å². The average Bonchev–Trinajstić information content (AvgIpc) is 3.35. The number of aromatic nitrogens is 2. The minimum absolute atomic E-state index is 0.141. The molecule has 5 rings (SSSR count). The Hall–Kier alpha value is -3.62. The zero-order valence-electron chi connectivity index (χ0n) is 25.1. The van der Waals surface area contributed by atoms with Gasteiger partial charge in [-0.05, 0) is 37.1 Å². The van der Waals surface area contributed by atoms with Gasteiger partial charge >= 0.3 is 12.2 Å². The van der Waals surface area contributed by atoms with Crippen LogP contribution in [0.15, 0.2) is 42.5 Å². The fraction of sp³-hybridized carbons (Fsp3) is 0.467. The maximum atomic E-state index is 13.2. The van der Waals surface area contributed by atoms with Crippen LogP contribution >= 0.6 is 0 Å². The first-order chi connectivity index (χ1) is 20.8. The molecule has 1 saturated heterocycles. The van der Waals surface area contributed by atoms with Crippen LogP contribution in [0.3, 0.4) is 0 Å². The van der Waals surface area contributed by atoms with Gasteiger partial charge in [0.2, 0.25) is 10.0 Å². The van der Waals surface area contributed by atoms with Crippen molar-refractivity contribution in [1.29, 1.82) is 0 Å². The van der Waals surface area contributed by atoms with Crippen LogP contribution in [0.2, 0.25) is 0 Å². The number of nitrogens with one attached hydrogen (secondary N) is 2. The molecule has 0 unspecified atom stereocenters. The standard InChI is InChI=1S/C30H38F3N7O3S/c1-21-6-4-7-25(35-29(41)34-2)28(21)38-18-16-37(17-19-38)13-5-14-40-26-12-15-39(44(3,42)43)20-24(26)27(36-40)22-8-10-23(11-9-22)30(31,32)33/h4,6-11H,5,12-20H2,1-3H3,(H2,34,35,41). The van der Waals surface area contributed by atoms with Gasteiger partial charge in [-0.15, -0.1) is 0 Å². The normalized spacial score (nSPS) is 16.5. The van der Waals surface area contributed by atoms with E-state index in [1.807, 2.05) is 29.8 Å². The molecule has 3 heterocycles. The number of sulfonamides is 1. The quantitative estimate of drug-likeness (QED) is 0.387. The number of hydrogen-bond acceptors (Lipinski definition) is 6. The second-order valence-corrected chi connectivity index (χ2v) is 13.3. The Morgan fingerprint density at radius 1 is 1.00 bits per heavy atom. The molecule has 2 aromatic carbocycles. The molecule has 2 N–H and O–H groups in total. The van der Waals surface area contributed by atoms with E-state index in [-0.39, 0.29) is 12.6 Å². The van der Waals surface area contributed by atoms with E-state index in [9.17, 15) is 26.4 Å². The molecule has 1 fully saturated rings. The third-order valence-electron chi connectivity index (χ3n) is 8.30. The molecule has 0 aliphatic carbocycles. The van der Waals surface area contributed by atoms with Gasteiger partial charge in [0.1, 0.15) is 0 Å². The Kier molecular flexibility index (Phi) is 9.23. The van der Waals surface area contributed by atoms with Gasteiger partial charge in [-0.2, -0.15) is 22.6 Å². The third-order valence-corrected chi connectivity index (χ3v) is 9.55. The van der Waals surface area contributed by atoms with E-state index in [1.54, 1.807) is 7.05 Å². The highest BCUT2D eigenvalue weighted by molar-refractivity contribution is 7.88. The number of piperazine rings is 1. The summed E-state index contributed by atoms with van der Waals surface area (Å²) in [5.74, 6) is 0. The van der Waals surface area contributed by atoms with Crippen LogP contribution in [0.25, 0.3) is 11.3 Å². The number of carbonyl (C=O) groups excluding carboxylic acids is 1. The summed E-state index contributed by atoms with van der Waals surface area (Å²) in [5, 5.41) is 10.3. The largest absolute Gasteiger partial charge is 0.416 e. The predicted molar refractivity (Wildman–Crippen MR) is 164 cm³/mol. The lowest BCUT2D eigenvalue weighted by Gasteiger charge is -2.37. The molecule has 0 bridgehead atoms. The minimum Gasteiger partial charge on any atom is -0.367 e. The van der Waals surface area contributed by atoms with E-state index >= 15 is 0 Å². The lowest BCUT2D eigenvalue weighted by molar-refractivity contribution is -0.137. The number of para-hydroxylation sites is 1. The zero-order valence-corrected chi connectivity index (χ0v) is 25.9. The Morgan fingerprint density at radius 2 is 1.70 bits per heavy atom. The maximum absolute atomic E-state index is 13.2. The van der Waals surface area contributed by atoms with E-state index in [4.69, 9.17) is 5.10 Å². The Bertz CT molecular complexity index is 1600. The summed E-state index contributed by atoms with van der Waals surface area (Å²) in [6.45, 7) is 7.29. The molecule has 1 aromatic heterocycles.